The lowest BCUT2D eigenvalue weighted by Crippen LogP contribution is -2.03. The maximum atomic E-state index is 13.4. The Kier molecular flexibility index (Phi) is 5.28. The van der Waals surface area contributed by atoms with Gasteiger partial charge < -0.3 is 5.11 Å². The zero-order valence-corrected chi connectivity index (χ0v) is 22.4. The minimum absolute atomic E-state index is 0.0678. The maximum Gasteiger partial charge on any atom is 0.206 e. The molecule has 0 aliphatic heterocycles. The third-order valence-electron chi connectivity index (χ3n) is 7.59. The Morgan fingerprint density at radius 3 is 1.55 bits per heavy atom. The quantitative estimate of drug-likeness (QED) is 0.298. The van der Waals surface area contributed by atoms with Gasteiger partial charge >= 0.3 is 0 Å². The van der Waals surface area contributed by atoms with Gasteiger partial charge in [0.15, 0.2) is 5.78 Å². The van der Waals surface area contributed by atoms with Gasteiger partial charge in [-0.3, -0.25) is 4.79 Å². The number of aliphatic hydroxyl groups is 1. The molecular formula is C32H20O6S2. The van der Waals surface area contributed by atoms with Gasteiger partial charge in [-0.2, -0.15) is 0 Å². The number of carbonyl (C=O) groups is 1. The second-order valence-corrected chi connectivity index (χ2v) is 13.7. The van der Waals surface area contributed by atoms with E-state index in [-0.39, 0.29) is 25.4 Å². The molecule has 2 aliphatic carbocycles. The van der Waals surface area contributed by atoms with Crippen molar-refractivity contribution in [2.75, 3.05) is 0 Å². The third kappa shape index (κ3) is 3.47. The summed E-state index contributed by atoms with van der Waals surface area (Å²) in [7, 11) is -7.60. The van der Waals surface area contributed by atoms with Crippen molar-refractivity contribution in [2.45, 2.75) is 25.7 Å². The van der Waals surface area contributed by atoms with E-state index in [0.717, 1.165) is 0 Å². The molecule has 0 spiro atoms. The van der Waals surface area contributed by atoms with E-state index < -0.39 is 25.8 Å². The minimum Gasteiger partial charge on any atom is -0.384 e. The highest BCUT2D eigenvalue weighted by atomic mass is 32.2. The van der Waals surface area contributed by atoms with Crippen LogP contribution in [0.2, 0.25) is 0 Å². The normalized spacial score (nSPS) is 15.3. The Morgan fingerprint density at radius 2 is 0.950 bits per heavy atom. The van der Waals surface area contributed by atoms with Gasteiger partial charge in [-0.1, -0.05) is 42.5 Å². The molecule has 0 saturated carbocycles. The summed E-state index contributed by atoms with van der Waals surface area (Å²) in [4.78, 5) is 13.9. The van der Waals surface area contributed by atoms with Gasteiger partial charge in [0, 0.05) is 11.1 Å². The molecule has 0 fully saturated rings. The van der Waals surface area contributed by atoms with E-state index in [2.05, 4.69) is 0 Å². The highest BCUT2D eigenvalue weighted by Crippen LogP contribution is 2.49. The van der Waals surface area contributed by atoms with Crippen LogP contribution in [0.15, 0.2) is 129 Å². The lowest BCUT2D eigenvalue weighted by Gasteiger charge is -2.09. The number of rotatable bonds is 4. The van der Waals surface area contributed by atoms with E-state index in [4.69, 9.17) is 0 Å². The largest absolute Gasteiger partial charge is 0.384 e. The molecule has 40 heavy (non-hydrogen) atoms. The van der Waals surface area contributed by atoms with Crippen molar-refractivity contribution in [2.24, 2.45) is 0 Å². The maximum absolute atomic E-state index is 13.4. The first-order chi connectivity index (χ1) is 19.2. The molecule has 0 saturated heterocycles. The monoisotopic (exact) mass is 564 g/mol. The molecule has 1 unspecified atom stereocenters. The summed E-state index contributed by atoms with van der Waals surface area (Å²) in [6.45, 7) is 0. The second kappa shape index (κ2) is 8.56. The smallest absolute Gasteiger partial charge is 0.206 e. The van der Waals surface area contributed by atoms with E-state index >= 15 is 0 Å². The van der Waals surface area contributed by atoms with Gasteiger partial charge in [0.2, 0.25) is 19.7 Å². The van der Waals surface area contributed by atoms with Crippen molar-refractivity contribution in [3.63, 3.8) is 0 Å². The van der Waals surface area contributed by atoms with Crippen LogP contribution >= 0.6 is 0 Å². The number of aliphatic hydroxyl groups excluding tert-OH is 1. The Balaban J connectivity index is 1.35. The molecule has 0 heterocycles. The lowest BCUT2D eigenvalue weighted by atomic mass is 9.97. The standard InChI is InChI=1S/C32H20O6S2/c33-31-23-13-11-21(39(35,36)19-7-3-1-4-8-19)15-25(23)27-17-30-28(18-29(27)31)26-16-22(12-14-24(26)32(30)34)40(37,38)20-9-5-2-6-10-20/h1-18,31,33H. The Morgan fingerprint density at radius 1 is 0.450 bits per heavy atom. The summed E-state index contributed by atoms with van der Waals surface area (Å²) < 4.78 is 53.0. The summed E-state index contributed by atoms with van der Waals surface area (Å²) in [6.07, 6.45) is -1.03. The number of hydrogen-bond donors (Lipinski definition) is 1. The Bertz CT molecular complexity index is 2100. The number of fused-ring (bicyclic) bond motifs is 6. The van der Waals surface area contributed by atoms with Crippen molar-refractivity contribution in [3.8, 4) is 22.3 Å². The molecule has 5 aromatic rings. The van der Waals surface area contributed by atoms with Crippen LogP contribution in [-0.2, 0) is 19.7 Å². The number of carbonyl (C=O) groups excluding carboxylic acids is 1. The van der Waals surface area contributed by atoms with Crippen LogP contribution in [0.4, 0.5) is 0 Å². The highest BCUT2D eigenvalue weighted by Gasteiger charge is 2.35. The van der Waals surface area contributed by atoms with Gasteiger partial charge in [0.1, 0.15) is 6.10 Å². The average molecular weight is 565 g/mol. The van der Waals surface area contributed by atoms with Gasteiger partial charge in [0.05, 0.1) is 19.6 Å². The number of hydrogen-bond acceptors (Lipinski definition) is 6. The van der Waals surface area contributed by atoms with Crippen LogP contribution in [0.25, 0.3) is 22.3 Å². The molecule has 0 radical (unpaired) electrons. The average Bonchev–Trinajstić information content (AvgIpc) is 3.42. The third-order valence-corrected chi connectivity index (χ3v) is 11.1. The molecule has 0 amide bonds. The van der Waals surface area contributed by atoms with Crippen molar-refractivity contribution < 1.29 is 26.7 Å². The SMILES string of the molecule is O=C1c2ccc(S(=O)(=O)c3ccccc3)cc2-c2cc3c(cc21)-c1cc(S(=O)(=O)c2ccccc2)ccc1C3O. The summed E-state index contributed by atoms with van der Waals surface area (Å²) in [6, 6.07) is 28.6. The topological polar surface area (TPSA) is 106 Å². The number of ketones is 1. The molecule has 1 atom stereocenters. The molecule has 196 valence electrons. The summed E-state index contributed by atoms with van der Waals surface area (Å²) in [5, 5.41) is 11.2. The first-order valence-corrected chi connectivity index (χ1v) is 15.4. The molecular weight excluding hydrogens is 544 g/mol. The van der Waals surface area contributed by atoms with Crippen molar-refractivity contribution in [1.29, 1.82) is 0 Å². The predicted octanol–water partition coefficient (Wildman–Crippen LogP) is 5.63. The zero-order valence-electron chi connectivity index (χ0n) is 20.8. The van der Waals surface area contributed by atoms with E-state index in [0.29, 0.717) is 44.5 Å². The van der Waals surface area contributed by atoms with Crippen molar-refractivity contribution >= 4 is 25.5 Å². The number of benzene rings is 5. The molecule has 5 aromatic carbocycles. The fourth-order valence-corrected chi connectivity index (χ4v) is 8.17. The minimum atomic E-state index is -3.81. The van der Waals surface area contributed by atoms with Crippen LogP contribution < -0.4 is 0 Å². The predicted molar refractivity (Wildman–Crippen MR) is 149 cm³/mol. The molecule has 8 heteroatoms. The van der Waals surface area contributed by atoms with Crippen LogP contribution in [0.1, 0.15) is 33.2 Å². The molecule has 6 nitrogen and oxygen atoms in total. The molecule has 0 bridgehead atoms. The first kappa shape index (κ1) is 24.7. The number of sulfone groups is 2. The van der Waals surface area contributed by atoms with E-state index in [9.17, 15) is 26.7 Å². The van der Waals surface area contributed by atoms with E-state index in [1.165, 1.54) is 54.6 Å². The van der Waals surface area contributed by atoms with Crippen LogP contribution in [0.3, 0.4) is 0 Å². The molecule has 7 rings (SSSR count). The molecule has 2 aliphatic rings. The van der Waals surface area contributed by atoms with Crippen molar-refractivity contribution in [3.05, 3.63) is 131 Å². The molecule has 0 aromatic heterocycles. The van der Waals surface area contributed by atoms with E-state index in [1.807, 2.05) is 0 Å². The Labute approximate surface area is 231 Å². The summed E-state index contributed by atoms with van der Waals surface area (Å²) in [5.74, 6) is -0.257. The van der Waals surface area contributed by atoms with Gasteiger partial charge in [-0.25, -0.2) is 16.8 Å². The zero-order chi connectivity index (χ0) is 27.8. The van der Waals surface area contributed by atoms with Crippen LogP contribution in [-0.4, -0.2) is 27.7 Å². The highest BCUT2D eigenvalue weighted by molar-refractivity contribution is 7.91. The fraction of sp³-hybridized carbons (Fsp3) is 0.0312. The van der Waals surface area contributed by atoms with Gasteiger partial charge in [-0.05, 0) is 100 Å². The van der Waals surface area contributed by atoms with Crippen LogP contribution in [0.5, 0.6) is 0 Å². The summed E-state index contributed by atoms with van der Waals surface area (Å²) >= 11 is 0. The summed E-state index contributed by atoms with van der Waals surface area (Å²) in [5.41, 5.74) is 3.95. The Hall–Kier alpha value is -4.37. The second-order valence-electron chi connectivity index (χ2n) is 9.81. The molecule has 1 N–H and O–H groups in total. The van der Waals surface area contributed by atoms with E-state index in [1.54, 1.807) is 54.6 Å². The van der Waals surface area contributed by atoms with Crippen LogP contribution in [0, 0.1) is 0 Å². The van der Waals surface area contributed by atoms with Crippen molar-refractivity contribution in [1.82, 2.24) is 0 Å². The fourth-order valence-electron chi connectivity index (χ4n) is 5.56. The first-order valence-electron chi connectivity index (χ1n) is 12.5. The van der Waals surface area contributed by atoms with Gasteiger partial charge in [-0.15, -0.1) is 0 Å². The van der Waals surface area contributed by atoms with Gasteiger partial charge in [0.25, 0.3) is 0 Å². The lowest BCUT2D eigenvalue weighted by molar-refractivity contribution is 0.104.